The molecule has 0 radical (unpaired) electrons. The number of amides is 1. The van der Waals surface area contributed by atoms with Crippen molar-refractivity contribution in [2.45, 2.75) is 0 Å². The minimum Gasteiger partial charge on any atom is -0.495 e. The maximum atomic E-state index is 13.0. The molecule has 0 aliphatic carbocycles. The summed E-state index contributed by atoms with van der Waals surface area (Å²) in [6.07, 6.45) is 1.81. The van der Waals surface area contributed by atoms with E-state index in [0.29, 0.717) is 25.7 Å². The summed E-state index contributed by atoms with van der Waals surface area (Å²) in [5.41, 5.74) is 1.44. The van der Waals surface area contributed by atoms with Crippen LogP contribution in [0.15, 0.2) is 35.2 Å². The van der Waals surface area contributed by atoms with Gasteiger partial charge < -0.3 is 9.47 Å². The number of nitrogens with zero attached hydrogens (tertiary/aromatic N) is 1. The fraction of sp³-hybridized carbons (Fsp3) is 0.111. The number of halogens is 3. The molecule has 1 saturated heterocycles. The Hall–Kier alpha value is -0.560. The van der Waals surface area contributed by atoms with E-state index in [1.165, 1.54) is 16.7 Å². The predicted molar refractivity (Wildman–Crippen MR) is 132 cm³/mol. The van der Waals surface area contributed by atoms with Crippen LogP contribution in [0.3, 0.4) is 0 Å². The Kier molecular flexibility index (Phi) is 6.93. The fourth-order valence-electron chi connectivity index (χ4n) is 2.53. The Morgan fingerprint density at radius 1 is 1.19 bits per heavy atom. The van der Waals surface area contributed by atoms with E-state index >= 15 is 0 Å². The van der Waals surface area contributed by atoms with Crippen molar-refractivity contribution in [2.24, 2.45) is 0 Å². The molecule has 9 heteroatoms. The van der Waals surface area contributed by atoms with Gasteiger partial charge in [-0.25, -0.2) is 0 Å². The highest BCUT2D eigenvalue weighted by Crippen LogP contribution is 2.40. The van der Waals surface area contributed by atoms with Gasteiger partial charge in [0.2, 0.25) is 0 Å². The van der Waals surface area contributed by atoms with Gasteiger partial charge in [0.05, 0.1) is 33.4 Å². The van der Waals surface area contributed by atoms with E-state index in [1.807, 2.05) is 18.2 Å². The number of benzene rings is 2. The Balaban J connectivity index is 2.00. The molecule has 0 saturated carbocycles. The van der Waals surface area contributed by atoms with E-state index in [2.05, 4.69) is 45.2 Å². The average molecular weight is 644 g/mol. The predicted octanol–water partition coefficient (Wildman–Crippen LogP) is 5.97. The first kappa shape index (κ1) is 21.2. The lowest BCUT2D eigenvalue weighted by atomic mass is 10.2. The van der Waals surface area contributed by atoms with Gasteiger partial charge in [-0.3, -0.25) is 9.69 Å². The van der Waals surface area contributed by atoms with Crippen molar-refractivity contribution >= 4 is 103 Å². The smallest absolute Gasteiger partial charge is 0.270 e. The van der Waals surface area contributed by atoms with Gasteiger partial charge in [0.15, 0.2) is 4.32 Å². The molecule has 0 N–H and O–H groups in total. The van der Waals surface area contributed by atoms with Crippen molar-refractivity contribution in [2.75, 3.05) is 19.1 Å². The van der Waals surface area contributed by atoms with Gasteiger partial charge in [0.1, 0.15) is 11.5 Å². The van der Waals surface area contributed by atoms with Crippen molar-refractivity contribution in [3.8, 4) is 11.5 Å². The highest BCUT2D eigenvalue weighted by Gasteiger charge is 2.34. The van der Waals surface area contributed by atoms with E-state index < -0.39 is 0 Å². The van der Waals surface area contributed by atoms with Crippen molar-refractivity contribution in [3.63, 3.8) is 0 Å². The molecule has 140 valence electrons. The third-order valence-electron chi connectivity index (χ3n) is 3.72. The van der Waals surface area contributed by atoms with E-state index in [-0.39, 0.29) is 5.91 Å². The molecule has 0 unspecified atom stereocenters. The molecule has 1 heterocycles. The third-order valence-corrected chi connectivity index (χ3v) is 6.74. The summed E-state index contributed by atoms with van der Waals surface area (Å²) >= 11 is 17.3. The standard InChI is InChI=1S/C18H12ClI2NO3S2/c1-24-14-4-3-11(8-12(14)19)22-17(23)15(27-18(22)26)6-9-5-10(20)7-13(21)16(9)25-2/h3-8H,1-2H3/b15-6+. The van der Waals surface area contributed by atoms with Gasteiger partial charge >= 0.3 is 0 Å². The molecule has 1 fully saturated rings. The first-order valence-electron chi connectivity index (χ1n) is 7.50. The number of carbonyl (C=O) groups is 1. The van der Waals surface area contributed by atoms with Crippen LogP contribution >= 0.6 is 80.8 Å². The van der Waals surface area contributed by atoms with Crippen LogP contribution in [0.2, 0.25) is 5.02 Å². The molecule has 1 aliphatic heterocycles. The maximum Gasteiger partial charge on any atom is 0.270 e. The first-order valence-corrected chi connectivity index (χ1v) is 11.3. The van der Waals surface area contributed by atoms with E-state index in [1.54, 1.807) is 32.4 Å². The summed E-state index contributed by atoms with van der Waals surface area (Å²) in [6.45, 7) is 0. The van der Waals surface area contributed by atoms with Gasteiger partial charge in [-0.05, 0) is 81.6 Å². The van der Waals surface area contributed by atoms with Crippen molar-refractivity contribution in [1.82, 2.24) is 0 Å². The lowest BCUT2D eigenvalue weighted by molar-refractivity contribution is -0.113. The Morgan fingerprint density at radius 3 is 2.56 bits per heavy atom. The van der Waals surface area contributed by atoms with Gasteiger partial charge in [0.25, 0.3) is 5.91 Å². The number of carbonyl (C=O) groups excluding carboxylic acids is 1. The molecule has 0 atom stereocenters. The van der Waals surface area contributed by atoms with Crippen LogP contribution in [0.1, 0.15) is 5.56 Å². The molecule has 1 amide bonds. The van der Waals surface area contributed by atoms with Crippen LogP contribution in [0.4, 0.5) is 5.69 Å². The molecule has 0 spiro atoms. The number of anilines is 1. The lowest BCUT2D eigenvalue weighted by Gasteiger charge is -2.15. The van der Waals surface area contributed by atoms with Gasteiger partial charge in [-0.15, -0.1) is 0 Å². The van der Waals surface area contributed by atoms with Crippen LogP contribution < -0.4 is 14.4 Å². The summed E-state index contributed by atoms with van der Waals surface area (Å²) in [4.78, 5) is 15.0. The van der Waals surface area contributed by atoms with E-state index in [9.17, 15) is 4.79 Å². The summed E-state index contributed by atoms with van der Waals surface area (Å²) in [7, 11) is 3.16. The van der Waals surface area contributed by atoms with Crippen LogP contribution in [0.25, 0.3) is 6.08 Å². The zero-order valence-corrected chi connectivity index (χ0v) is 20.8. The second-order valence-corrected chi connectivity index (χ2v) is 9.84. The largest absolute Gasteiger partial charge is 0.495 e. The molecule has 0 aromatic heterocycles. The third kappa shape index (κ3) is 4.39. The van der Waals surface area contributed by atoms with Gasteiger partial charge in [-0.2, -0.15) is 0 Å². The molecule has 27 heavy (non-hydrogen) atoms. The summed E-state index contributed by atoms with van der Waals surface area (Å²) in [5, 5.41) is 0.418. The zero-order valence-electron chi connectivity index (χ0n) is 14.1. The number of methoxy groups -OCH3 is 2. The SMILES string of the molecule is COc1ccc(N2C(=O)/C(=C\c3cc(I)cc(I)c3OC)SC2=S)cc1Cl. The summed E-state index contributed by atoms with van der Waals surface area (Å²) in [6, 6.07) is 9.13. The Labute approximate surface area is 198 Å². The Morgan fingerprint density at radius 2 is 1.93 bits per heavy atom. The molecule has 2 aromatic rings. The number of thioether (sulfide) groups is 1. The molecular formula is C18H12ClI2NO3S2. The van der Waals surface area contributed by atoms with Crippen molar-refractivity contribution in [1.29, 1.82) is 0 Å². The van der Waals surface area contributed by atoms with Gasteiger partial charge in [-0.1, -0.05) is 35.6 Å². The molecular weight excluding hydrogens is 632 g/mol. The number of ether oxygens (including phenoxy) is 2. The number of hydrogen-bond donors (Lipinski definition) is 0. The first-order chi connectivity index (χ1) is 12.8. The van der Waals surface area contributed by atoms with Crippen LogP contribution in [-0.4, -0.2) is 24.4 Å². The van der Waals surface area contributed by atoms with Gasteiger partial charge in [0, 0.05) is 9.13 Å². The van der Waals surface area contributed by atoms with E-state index in [4.69, 9.17) is 33.3 Å². The number of rotatable bonds is 4. The minimum absolute atomic E-state index is 0.192. The molecule has 3 rings (SSSR count). The highest BCUT2D eigenvalue weighted by atomic mass is 127. The summed E-state index contributed by atoms with van der Waals surface area (Å²) < 4.78 is 13.2. The molecule has 4 nitrogen and oxygen atoms in total. The number of hydrogen-bond acceptors (Lipinski definition) is 5. The second kappa shape index (κ2) is 8.85. The molecule has 2 aromatic carbocycles. The summed E-state index contributed by atoms with van der Waals surface area (Å²) in [5.74, 6) is 1.08. The molecule has 0 bridgehead atoms. The van der Waals surface area contributed by atoms with Crippen LogP contribution in [0.5, 0.6) is 11.5 Å². The topological polar surface area (TPSA) is 38.8 Å². The maximum absolute atomic E-state index is 13.0. The molecule has 1 aliphatic rings. The van der Waals surface area contributed by atoms with E-state index in [0.717, 1.165) is 18.5 Å². The number of thiocarbonyl (C=S) groups is 1. The quantitative estimate of drug-likeness (QED) is 0.233. The average Bonchev–Trinajstić information content (AvgIpc) is 2.88. The van der Waals surface area contributed by atoms with Crippen LogP contribution in [0, 0.1) is 7.14 Å². The minimum atomic E-state index is -0.192. The fourth-order valence-corrected chi connectivity index (χ4v) is 6.18. The normalized spacial score (nSPS) is 15.6. The zero-order chi connectivity index (χ0) is 19.7. The monoisotopic (exact) mass is 643 g/mol. The van der Waals surface area contributed by atoms with Crippen molar-refractivity contribution in [3.05, 3.63) is 53.0 Å². The Bertz CT molecular complexity index is 981. The highest BCUT2D eigenvalue weighted by molar-refractivity contribution is 14.1. The van der Waals surface area contributed by atoms with Crippen LogP contribution in [-0.2, 0) is 4.79 Å². The lowest BCUT2D eigenvalue weighted by Crippen LogP contribution is -2.27. The van der Waals surface area contributed by atoms with Crippen molar-refractivity contribution < 1.29 is 14.3 Å². The second-order valence-electron chi connectivity index (χ2n) is 5.35.